The highest BCUT2D eigenvalue weighted by Gasteiger charge is 2.31. The van der Waals surface area contributed by atoms with Crippen LogP contribution in [0.2, 0.25) is 0 Å². The summed E-state index contributed by atoms with van der Waals surface area (Å²) in [5.74, 6) is -0.182. The zero-order valence-electron chi connectivity index (χ0n) is 13.1. The molecule has 1 heterocycles. The molecule has 0 spiro atoms. The molecular formula is C16H20FN3O2S. The Morgan fingerprint density at radius 2 is 2.09 bits per heavy atom. The molecule has 1 aromatic rings. The van der Waals surface area contributed by atoms with E-state index in [2.05, 4.69) is 29.5 Å². The van der Waals surface area contributed by atoms with Gasteiger partial charge in [0.25, 0.3) is 0 Å². The second-order valence-electron chi connectivity index (χ2n) is 5.73. The van der Waals surface area contributed by atoms with Gasteiger partial charge < -0.3 is 10.6 Å². The van der Waals surface area contributed by atoms with Gasteiger partial charge in [0.15, 0.2) is 5.17 Å². The van der Waals surface area contributed by atoms with E-state index in [4.69, 9.17) is 0 Å². The Hall–Kier alpha value is -1.89. The maximum absolute atomic E-state index is 12.9. The van der Waals surface area contributed by atoms with Crippen molar-refractivity contribution in [3.63, 3.8) is 0 Å². The Labute approximate surface area is 139 Å². The molecule has 0 aliphatic carbocycles. The number of carbonyl (C=O) groups excluding carboxylic acids is 2. The molecule has 1 atom stereocenters. The third-order valence-electron chi connectivity index (χ3n) is 3.25. The molecule has 2 rings (SSSR count). The number of hydrogen-bond acceptors (Lipinski definition) is 4. The summed E-state index contributed by atoms with van der Waals surface area (Å²) in [6, 6.07) is 5.67. The Balaban J connectivity index is 1.87. The summed E-state index contributed by atoms with van der Waals surface area (Å²) in [6.45, 7) is 4.79. The smallest absolute Gasteiger partial charge is 0.240 e. The molecule has 124 valence electrons. The zero-order valence-corrected chi connectivity index (χ0v) is 14.0. The van der Waals surface area contributed by atoms with Crippen molar-refractivity contribution in [2.75, 3.05) is 6.54 Å². The largest absolute Gasteiger partial charge is 0.356 e. The van der Waals surface area contributed by atoms with Crippen molar-refractivity contribution in [2.45, 2.75) is 31.9 Å². The number of carbonyl (C=O) groups is 2. The van der Waals surface area contributed by atoms with Crippen LogP contribution in [0.15, 0.2) is 29.3 Å². The molecule has 0 saturated carbocycles. The van der Waals surface area contributed by atoms with Gasteiger partial charge in [-0.3, -0.25) is 9.59 Å². The maximum atomic E-state index is 12.9. The average molecular weight is 337 g/mol. The van der Waals surface area contributed by atoms with Gasteiger partial charge in [0.05, 0.1) is 5.69 Å². The lowest BCUT2D eigenvalue weighted by atomic mass is 10.1. The van der Waals surface area contributed by atoms with Crippen LogP contribution in [0.4, 0.5) is 10.1 Å². The number of halogens is 1. The molecule has 0 aromatic heterocycles. The number of benzene rings is 1. The minimum Gasteiger partial charge on any atom is -0.356 e. The third kappa shape index (κ3) is 5.67. The SMILES string of the molecule is CC(C)CCNC(=O)C[C@@H]1SC(=Nc2ccc(F)cc2)NC1=O. The van der Waals surface area contributed by atoms with E-state index in [1.165, 1.54) is 36.0 Å². The number of nitrogens with zero attached hydrogens (tertiary/aromatic N) is 1. The first kappa shape index (κ1) is 17.5. The minimum atomic E-state index is -0.478. The molecule has 2 amide bonds. The van der Waals surface area contributed by atoms with Crippen molar-refractivity contribution in [1.29, 1.82) is 0 Å². The second kappa shape index (κ2) is 8.10. The highest BCUT2D eigenvalue weighted by Crippen LogP contribution is 2.25. The number of nitrogens with one attached hydrogen (secondary N) is 2. The van der Waals surface area contributed by atoms with E-state index in [9.17, 15) is 14.0 Å². The first-order valence-corrected chi connectivity index (χ1v) is 8.40. The summed E-state index contributed by atoms with van der Waals surface area (Å²) in [4.78, 5) is 28.0. The third-order valence-corrected chi connectivity index (χ3v) is 4.33. The molecule has 0 unspecified atom stereocenters. The van der Waals surface area contributed by atoms with Crippen LogP contribution in [0.25, 0.3) is 0 Å². The summed E-state index contributed by atoms with van der Waals surface area (Å²) >= 11 is 1.22. The van der Waals surface area contributed by atoms with E-state index in [0.29, 0.717) is 23.3 Å². The van der Waals surface area contributed by atoms with Crippen LogP contribution in [0, 0.1) is 11.7 Å². The van der Waals surface area contributed by atoms with E-state index in [-0.39, 0.29) is 24.1 Å². The molecule has 1 aliphatic rings. The van der Waals surface area contributed by atoms with Crippen molar-refractivity contribution in [3.8, 4) is 0 Å². The van der Waals surface area contributed by atoms with Crippen LogP contribution >= 0.6 is 11.8 Å². The highest BCUT2D eigenvalue weighted by molar-refractivity contribution is 8.15. The molecule has 0 radical (unpaired) electrons. The number of hydrogen-bond donors (Lipinski definition) is 2. The van der Waals surface area contributed by atoms with E-state index in [1.54, 1.807) is 0 Å². The topological polar surface area (TPSA) is 70.6 Å². The van der Waals surface area contributed by atoms with Gasteiger partial charge in [-0.15, -0.1) is 0 Å². The van der Waals surface area contributed by atoms with Crippen molar-refractivity contribution in [2.24, 2.45) is 10.9 Å². The number of rotatable bonds is 6. The van der Waals surface area contributed by atoms with Gasteiger partial charge in [0, 0.05) is 13.0 Å². The average Bonchev–Trinajstić information content (AvgIpc) is 2.81. The highest BCUT2D eigenvalue weighted by atomic mass is 32.2. The molecule has 1 fully saturated rings. The van der Waals surface area contributed by atoms with Crippen molar-refractivity contribution < 1.29 is 14.0 Å². The predicted molar refractivity (Wildman–Crippen MR) is 90.1 cm³/mol. The van der Waals surface area contributed by atoms with E-state index in [1.807, 2.05) is 0 Å². The van der Waals surface area contributed by atoms with Crippen molar-refractivity contribution in [3.05, 3.63) is 30.1 Å². The fourth-order valence-electron chi connectivity index (χ4n) is 1.97. The van der Waals surface area contributed by atoms with E-state index in [0.717, 1.165) is 6.42 Å². The number of amidine groups is 1. The second-order valence-corrected chi connectivity index (χ2v) is 6.92. The first-order valence-electron chi connectivity index (χ1n) is 7.52. The lowest BCUT2D eigenvalue weighted by molar-refractivity contribution is -0.125. The minimum absolute atomic E-state index is 0.122. The molecule has 0 bridgehead atoms. The molecular weight excluding hydrogens is 317 g/mol. The maximum Gasteiger partial charge on any atom is 0.240 e. The van der Waals surface area contributed by atoms with Crippen LogP contribution in [-0.4, -0.2) is 28.8 Å². The zero-order chi connectivity index (χ0) is 16.8. The van der Waals surface area contributed by atoms with Gasteiger partial charge in [-0.05, 0) is 36.6 Å². The van der Waals surface area contributed by atoms with Gasteiger partial charge in [0.2, 0.25) is 11.8 Å². The van der Waals surface area contributed by atoms with Gasteiger partial charge in [-0.25, -0.2) is 9.38 Å². The quantitative estimate of drug-likeness (QED) is 0.838. The van der Waals surface area contributed by atoms with Crippen LogP contribution in [-0.2, 0) is 9.59 Å². The standard InChI is InChI=1S/C16H20FN3O2S/c1-10(2)7-8-18-14(21)9-13-15(22)20-16(23-13)19-12-5-3-11(17)4-6-12/h3-6,10,13H,7-9H2,1-2H3,(H,18,21)(H,19,20,22)/t13-/m0/s1. The van der Waals surface area contributed by atoms with E-state index < -0.39 is 5.25 Å². The summed E-state index contributed by atoms with van der Waals surface area (Å²) in [7, 11) is 0. The normalized spacial score (nSPS) is 19.2. The lowest BCUT2D eigenvalue weighted by Crippen LogP contribution is -2.32. The number of amides is 2. The van der Waals surface area contributed by atoms with Crippen LogP contribution in [0.1, 0.15) is 26.7 Å². The molecule has 23 heavy (non-hydrogen) atoms. The summed E-state index contributed by atoms with van der Waals surface area (Å²) in [6.07, 6.45) is 1.03. The Morgan fingerprint density at radius 1 is 1.39 bits per heavy atom. The molecule has 7 heteroatoms. The fraction of sp³-hybridized carbons (Fsp3) is 0.438. The summed E-state index contributed by atoms with van der Waals surface area (Å²) < 4.78 is 12.9. The summed E-state index contributed by atoms with van der Waals surface area (Å²) in [5, 5.41) is 5.42. The van der Waals surface area contributed by atoms with E-state index >= 15 is 0 Å². The molecule has 1 saturated heterocycles. The Bertz CT molecular complexity index is 602. The monoisotopic (exact) mass is 337 g/mol. The van der Waals surface area contributed by atoms with Crippen molar-refractivity contribution >= 4 is 34.4 Å². The van der Waals surface area contributed by atoms with Gasteiger partial charge in [-0.2, -0.15) is 0 Å². The molecule has 2 N–H and O–H groups in total. The predicted octanol–water partition coefficient (Wildman–Crippen LogP) is 2.60. The van der Waals surface area contributed by atoms with Crippen LogP contribution in [0.5, 0.6) is 0 Å². The lowest BCUT2D eigenvalue weighted by Gasteiger charge is -2.08. The van der Waals surface area contributed by atoms with Crippen LogP contribution < -0.4 is 10.6 Å². The Kier molecular flexibility index (Phi) is 6.15. The fourth-order valence-corrected chi connectivity index (χ4v) is 2.95. The van der Waals surface area contributed by atoms with Gasteiger partial charge in [0.1, 0.15) is 11.1 Å². The molecule has 1 aliphatic heterocycles. The molecule has 5 nitrogen and oxygen atoms in total. The summed E-state index contributed by atoms with van der Waals surface area (Å²) in [5.41, 5.74) is 0.552. The van der Waals surface area contributed by atoms with Crippen LogP contribution in [0.3, 0.4) is 0 Å². The number of thioether (sulfide) groups is 1. The molecule has 1 aromatic carbocycles. The first-order chi connectivity index (χ1) is 10.9. The Morgan fingerprint density at radius 3 is 2.74 bits per heavy atom. The van der Waals surface area contributed by atoms with Crippen molar-refractivity contribution in [1.82, 2.24) is 10.6 Å². The van der Waals surface area contributed by atoms with Gasteiger partial charge >= 0.3 is 0 Å². The number of aliphatic imine (C=N–C) groups is 1. The van der Waals surface area contributed by atoms with Gasteiger partial charge in [-0.1, -0.05) is 25.6 Å².